The molecule has 0 aromatic carbocycles. The summed E-state index contributed by atoms with van der Waals surface area (Å²) in [5.41, 5.74) is 0.308. The van der Waals surface area contributed by atoms with Crippen molar-refractivity contribution in [1.29, 1.82) is 0 Å². The number of likely N-dealkylation sites (N-methyl/N-ethyl adjacent to an activating group) is 1. The number of nitrogens with zero attached hydrogens (tertiary/aromatic N) is 2. The van der Waals surface area contributed by atoms with Crippen LogP contribution in [0.25, 0.3) is 0 Å². The molecule has 5 nitrogen and oxygen atoms in total. The maximum absolute atomic E-state index is 11.9. The Morgan fingerprint density at radius 3 is 2.94 bits per heavy atom. The standard InChI is InChI=1S/C11H16N2O3/c1-8(7-14)13(2)11(15)10-6-9(16-3)4-5-12-10/h4-6,8,14H,7H2,1-3H3. The third-order valence-electron chi connectivity index (χ3n) is 2.43. The molecule has 0 fully saturated rings. The molecular formula is C11H16N2O3. The van der Waals surface area contributed by atoms with Gasteiger partial charge in [0.15, 0.2) is 0 Å². The van der Waals surface area contributed by atoms with Gasteiger partial charge in [-0.1, -0.05) is 0 Å². The maximum Gasteiger partial charge on any atom is 0.272 e. The molecule has 1 amide bonds. The fraction of sp³-hybridized carbons (Fsp3) is 0.455. The third kappa shape index (κ3) is 2.70. The van der Waals surface area contributed by atoms with E-state index in [9.17, 15) is 4.79 Å². The van der Waals surface area contributed by atoms with E-state index in [4.69, 9.17) is 9.84 Å². The van der Waals surface area contributed by atoms with Crippen LogP contribution in [-0.2, 0) is 0 Å². The average Bonchev–Trinajstić information content (AvgIpc) is 2.36. The number of methoxy groups -OCH3 is 1. The smallest absolute Gasteiger partial charge is 0.272 e. The molecule has 1 rings (SSSR count). The average molecular weight is 224 g/mol. The molecule has 5 heteroatoms. The normalized spacial score (nSPS) is 12.0. The van der Waals surface area contributed by atoms with Crippen molar-refractivity contribution in [2.45, 2.75) is 13.0 Å². The van der Waals surface area contributed by atoms with Crippen LogP contribution in [0.2, 0.25) is 0 Å². The first-order chi connectivity index (χ1) is 7.60. The van der Waals surface area contributed by atoms with Crippen molar-refractivity contribution >= 4 is 5.91 Å². The number of ether oxygens (including phenoxy) is 1. The molecular weight excluding hydrogens is 208 g/mol. The fourth-order valence-electron chi connectivity index (χ4n) is 1.16. The van der Waals surface area contributed by atoms with Gasteiger partial charge in [0.1, 0.15) is 11.4 Å². The minimum Gasteiger partial charge on any atom is -0.497 e. The van der Waals surface area contributed by atoms with Crippen LogP contribution in [0.4, 0.5) is 0 Å². The first-order valence-corrected chi connectivity index (χ1v) is 4.98. The molecule has 0 aliphatic rings. The Hall–Kier alpha value is -1.62. The Morgan fingerprint density at radius 1 is 1.69 bits per heavy atom. The lowest BCUT2D eigenvalue weighted by molar-refractivity contribution is 0.0676. The monoisotopic (exact) mass is 224 g/mol. The third-order valence-corrected chi connectivity index (χ3v) is 2.43. The predicted octanol–water partition coefficient (Wildman–Crippen LogP) is 0.543. The van der Waals surface area contributed by atoms with E-state index >= 15 is 0 Å². The number of pyridine rings is 1. The molecule has 0 aliphatic heterocycles. The Labute approximate surface area is 94.7 Å². The number of aliphatic hydroxyl groups is 1. The zero-order chi connectivity index (χ0) is 12.1. The van der Waals surface area contributed by atoms with E-state index in [1.54, 1.807) is 26.1 Å². The second-order valence-electron chi connectivity index (χ2n) is 3.53. The summed E-state index contributed by atoms with van der Waals surface area (Å²) in [4.78, 5) is 17.3. The highest BCUT2D eigenvalue weighted by atomic mass is 16.5. The lowest BCUT2D eigenvalue weighted by Crippen LogP contribution is -2.37. The van der Waals surface area contributed by atoms with Gasteiger partial charge in [-0.2, -0.15) is 0 Å². The zero-order valence-electron chi connectivity index (χ0n) is 9.67. The summed E-state index contributed by atoms with van der Waals surface area (Å²) in [6.07, 6.45) is 1.52. The van der Waals surface area contributed by atoms with Crippen LogP contribution >= 0.6 is 0 Å². The van der Waals surface area contributed by atoms with Crippen LogP contribution in [-0.4, -0.2) is 47.7 Å². The van der Waals surface area contributed by atoms with Crippen LogP contribution in [0.3, 0.4) is 0 Å². The number of hydrogen-bond donors (Lipinski definition) is 1. The van der Waals surface area contributed by atoms with Crippen molar-refractivity contribution in [3.8, 4) is 5.75 Å². The van der Waals surface area contributed by atoms with Crippen molar-refractivity contribution in [2.24, 2.45) is 0 Å². The molecule has 1 aromatic heterocycles. The Kier molecular flexibility index (Phi) is 4.25. The van der Waals surface area contributed by atoms with E-state index in [1.165, 1.54) is 18.2 Å². The van der Waals surface area contributed by atoms with Gasteiger partial charge in [0.05, 0.1) is 19.8 Å². The minimum atomic E-state index is -0.236. The topological polar surface area (TPSA) is 62.7 Å². The summed E-state index contributed by atoms with van der Waals surface area (Å²) in [7, 11) is 3.16. The zero-order valence-corrected chi connectivity index (χ0v) is 9.67. The first kappa shape index (κ1) is 12.4. The first-order valence-electron chi connectivity index (χ1n) is 4.98. The molecule has 1 N–H and O–H groups in total. The van der Waals surface area contributed by atoms with Crippen molar-refractivity contribution in [3.63, 3.8) is 0 Å². The van der Waals surface area contributed by atoms with Crippen molar-refractivity contribution in [2.75, 3.05) is 20.8 Å². The van der Waals surface area contributed by atoms with E-state index in [0.29, 0.717) is 11.4 Å². The quantitative estimate of drug-likeness (QED) is 0.811. The molecule has 0 saturated heterocycles. The van der Waals surface area contributed by atoms with Crippen LogP contribution < -0.4 is 4.74 Å². The lowest BCUT2D eigenvalue weighted by Gasteiger charge is -2.22. The number of amides is 1. The number of aliphatic hydroxyl groups excluding tert-OH is 1. The van der Waals surface area contributed by atoms with Gasteiger partial charge in [0, 0.05) is 19.3 Å². The Morgan fingerprint density at radius 2 is 2.38 bits per heavy atom. The number of aromatic nitrogens is 1. The van der Waals surface area contributed by atoms with Gasteiger partial charge < -0.3 is 14.7 Å². The van der Waals surface area contributed by atoms with Crippen LogP contribution in [0, 0.1) is 0 Å². The molecule has 0 aliphatic carbocycles. The molecule has 0 saturated carbocycles. The van der Waals surface area contributed by atoms with Crippen LogP contribution in [0.15, 0.2) is 18.3 Å². The fourth-order valence-corrected chi connectivity index (χ4v) is 1.16. The highest BCUT2D eigenvalue weighted by Gasteiger charge is 2.18. The number of carbonyl (C=O) groups excluding carboxylic acids is 1. The van der Waals surface area contributed by atoms with E-state index in [0.717, 1.165) is 0 Å². The van der Waals surface area contributed by atoms with E-state index in [1.807, 2.05) is 0 Å². The molecule has 16 heavy (non-hydrogen) atoms. The highest BCUT2D eigenvalue weighted by molar-refractivity contribution is 5.92. The van der Waals surface area contributed by atoms with Gasteiger partial charge in [-0.3, -0.25) is 9.78 Å². The largest absolute Gasteiger partial charge is 0.497 e. The molecule has 1 heterocycles. The molecule has 1 aromatic rings. The van der Waals surface area contributed by atoms with Gasteiger partial charge >= 0.3 is 0 Å². The Balaban J connectivity index is 2.87. The second kappa shape index (κ2) is 5.46. The predicted molar refractivity (Wildman–Crippen MR) is 59.4 cm³/mol. The molecule has 0 radical (unpaired) electrons. The summed E-state index contributed by atoms with van der Waals surface area (Å²) in [5.74, 6) is 0.351. The van der Waals surface area contributed by atoms with Crippen molar-refractivity contribution in [3.05, 3.63) is 24.0 Å². The SMILES string of the molecule is COc1ccnc(C(=O)N(C)C(C)CO)c1. The molecule has 1 unspecified atom stereocenters. The lowest BCUT2D eigenvalue weighted by atomic mass is 10.2. The maximum atomic E-state index is 11.9. The summed E-state index contributed by atoms with van der Waals surface area (Å²) in [6, 6.07) is 3.01. The molecule has 1 atom stereocenters. The second-order valence-corrected chi connectivity index (χ2v) is 3.53. The summed E-state index contributed by atoms with van der Waals surface area (Å²) >= 11 is 0. The minimum absolute atomic E-state index is 0.0772. The van der Waals surface area contributed by atoms with E-state index < -0.39 is 0 Å². The van der Waals surface area contributed by atoms with Crippen molar-refractivity contribution in [1.82, 2.24) is 9.88 Å². The number of rotatable bonds is 4. The van der Waals surface area contributed by atoms with Crippen molar-refractivity contribution < 1.29 is 14.6 Å². The number of carbonyl (C=O) groups is 1. The Bertz CT molecular complexity index is 368. The van der Waals surface area contributed by atoms with Gasteiger partial charge in [0.25, 0.3) is 5.91 Å². The summed E-state index contributed by atoms with van der Waals surface area (Å²) < 4.78 is 5.01. The molecule has 88 valence electrons. The highest BCUT2D eigenvalue weighted by Crippen LogP contribution is 2.12. The van der Waals surface area contributed by atoms with E-state index in [2.05, 4.69) is 4.98 Å². The van der Waals surface area contributed by atoms with Gasteiger partial charge in [-0.25, -0.2) is 0 Å². The number of hydrogen-bond acceptors (Lipinski definition) is 4. The van der Waals surface area contributed by atoms with Gasteiger partial charge in [0.2, 0.25) is 0 Å². The van der Waals surface area contributed by atoms with Gasteiger partial charge in [-0.15, -0.1) is 0 Å². The van der Waals surface area contributed by atoms with Gasteiger partial charge in [-0.05, 0) is 13.0 Å². The van der Waals surface area contributed by atoms with E-state index in [-0.39, 0.29) is 18.6 Å². The summed E-state index contributed by atoms with van der Waals surface area (Å²) in [5, 5.41) is 8.96. The van der Waals surface area contributed by atoms with Crippen LogP contribution in [0.5, 0.6) is 5.75 Å². The molecule has 0 bridgehead atoms. The summed E-state index contributed by atoms with van der Waals surface area (Å²) in [6.45, 7) is 1.68. The molecule has 0 spiro atoms. The van der Waals surface area contributed by atoms with Crippen LogP contribution in [0.1, 0.15) is 17.4 Å².